The Balaban J connectivity index is 1.77. The highest BCUT2D eigenvalue weighted by Crippen LogP contribution is 2.43. The molecule has 0 aliphatic heterocycles. The molecule has 0 spiro atoms. The van der Waals surface area contributed by atoms with Gasteiger partial charge in [0.15, 0.2) is 25.4 Å². The Morgan fingerprint density at radius 1 is 0.659 bits per heavy atom. The molecule has 0 fully saturated rings. The van der Waals surface area contributed by atoms with Crippen molar-refractivity contribution in [3.63, 3.8) is 0 Å². The van der Waals surface area contributed by atoms with Gasteiger partial charge in [-0.25, -0.2) is 16.8 Å². The number of benzene rings is 4. The molecule has 0 heterocycles. The largest absolute Gasteiger partial charge is 0.506 e. The van der Waals surface area contributed by atoms with E-state index in [4.69, 9.17) is 0 Å². The van der Waals surface area contributed by atoms with Gasteiger partial charge in [-0.15, -0.1) is 15.3 Å². The third-order valence-electron chi connectivity index (χ3n) is 6.36. The van der Waals surface area contributed by atoms with Crippen molar-refractivity contribution in [2.24, 2.45) is 20.5 Å². The van der Waals surface area contributed by atoms with E-state index in [2.05, 4.69) is 25.8 Å². The molecule has 0 aliphatic rings. The van der Waals surface area contributed by atoms with Crippen molar-refractivity contribution in [1.82, 2.24) is 0 Å². The number of azo groups is 2. The number of anilines is 1. The predicted octanol–water partition coefficient (Wildman–Crippen LogP) is 5.93. The molecule has 0 saturated carbocycles. The summed E-state index contributed by atoms with van der Waals surface area (Å²) in [5.74, 6) is -1.78. The van der Waals surface area contributed by atoms with Crippen LogP contribution in [0.3, 0.4) is 0 Å². The first-order valence-corrected chi connectivity index (χ1v) is 17.8. The molecule has 14 nitrogen and oxygen atoms in total. The highest BCUT2D eigenvalue weighted by molar-refractivity contribution is 7.91. The van der Waals surface area contributed by atoms with E-state index < -0.39 is 35.7 Å². The Morgan fingerprint density at radius 2 is 1.25 bits per heavy atom. The first-order valence-electron chi connectivity index (χ1n) is 12.8. The van der Waals surface area contributed by atoms with Crippen molar-refractivity contribution < 1.29 is 40.0 Å². The minimum absolute atomic E-state index is 0.0464. The van der Waals surface area contributed by atoms with Crippen molar-refractivity contribution >= 4 is 69.0 Å². The number of aromatic hydroxyl groups is 2. The number of phenolic OH excluding ortho intramolecular Hbond substituents is 2. The van der Waals surface area contributed by atoms with Crippen molar-refractivity contribution in [2.45, 2.75) is 23.6 Å². The van der Waals surface area contributed by atoms with Crippen LogP contribution in [-0.4, -0.2) is 57.4 Å². The molecule has 0 atom stereocenters. The van der Waals surface area contributed by atoms with Gasteiger partial charge in [-0.3, -0.25) is 4.55 Å². The number of nitrogens with zero attached hydrogens (tertiary/aromatic N) is 4. The molecule has 0 amide bonds. The third-order valence-corrected chi connectivity index (χ3v) is 10.4. The highest BCUT2D eigenvalue weighted by atomic mass is 32.2. The van der Waals surface area contributed by atoms with Gasteiger partial charge >= 0.3 is 0 Å². The summed E-state index contributed by atoms with van der Waals surface area (Å²) in [6.07, 6.45) is 0. The number of sulfone groups is 2. The Hall–Kier alpha value is -4.45. The van der Waals surface area contributed by atoms with Crippen LogP contribution in [-0.2, 0) is 29.8 Å². The lowest BCUT2D eigenvalue weighted by atomic mass is 10.1. The molecule has 44 heavy (non-hydrogen) atoms. The van der Waals surface area contributed by atoms with Crippen LogP contribution in [0.2, 0.25) is 0 Å². The van der Waals surface area contributed by atoms with E-state index in [9.17, 15) is 40.0 Å². The van der Waals surface area contributed by atoms with E-state index in [0.29, 0.717) is 0 Å². The fourth-order valence-electron chi connectivity index (χ4n) is 3.91. The van der Waals surface area contributed by atoms with Crippen LogP contribution >= 0.6 is 0 Å². The van der Waals surface area contributed by atoms with Crippen LogP contribution in [0.5, 0.6) is 11.5 Å². The topological polar surface area (TPSA) is 225 Å². The lowest BCUT2D eigenvalue weighted by molar-refractivity contribution is 0.475. The molecular formula is C27H27N5O9S3. The number of hydrogen-bond donors (Lipinski definition) is 4. The summed E-state index contributed by atoms with van der Waals surface area (Å²) in [5, 5.41) is 40.4. The molecular weight excluding hydrogens is 635 g/mol. The SMILES string of the molecule is CCS(=O)(=O)c1ccc(/N=N/c2c(NCS(=O)(=O)O)ccc3c(O)c(/N=N/c4cc(S(=O)(=O)CC)ccc4O)ccc23)cc1. The highest BCUT2D eigenvalue weighted by Gasteiger charge is 2.17. The van der Waals surface area contributed by atoms with Crippen LogP contribution in [0.1, 0.15) is 13.8 Å². The standard InChI is InChI=1S/C27H27N5O9S3/c1-3-42(35,36)18-7-5-17(6-8-18)29-32-26-20-10-13-23(27(34)21(20)11-12-22(26)28-16-44(39,40)41)30-31-24-15-19(9-14-25(24)33)43(37,38)4-2/h5-15,28,33-34H,3-4,16H2,1-2H3,(H,39,40,41)/b31-30+,32-29+. The second kappa shape index (κ2) is 12.7. The average Bonchev–Trinajstić information content (AvgIpc) is 2.99. The number of fused-ring (bicyclic) bond motifs is 1. The molecule has 4 N–H and O–H groups in total. The van der Waals surface area contributed by atoms with E-state index in [1.807, 2.05) is 0 Å². The molecule has 4 rings (SSSR count). The maximum atomic E-state index is 12.2. The van der Waals surface area contributed by atoms with Gasteiger partial charge in [-0.2, -0.15) is 13.5 Å². The van der Waals surface area contributed by atoms with Crippen LogP contribution < -0.4 is 5.32 Å². The van der Waals surface area contributed by atoms with Crippen LogP contribution in [0.25, 0.3) is 10.8 Å². The lowest BCUT2D eigenvalue weighted by Gasteiger charge is -2.12. The predicted molar refractivity (Wildman–Crippen MR) is 164 cm³/mol. The van der Waals surface area contributed by atoms with Gasteiger partial charge < -0.3 is 15.5 Å². The second-order valence-corrected chi connectivity index (χ2v) is 15.3. The summed E-state index contributed by atoms with van der Waals surface area (Å²) in [6, 6.07) is 14.9. The summed E-state index contributed by atoms with van der Waals surface area (Å²) in [5.41, 5.74) is 0.299. The number of phenols is 2. The zero-order chi connectivity index (χ0) is 32.3. The summed E-state index contributed by atoms with van der Waals surface area (Å²) < 4.78 is 80.6. The van der Waals surface area contributed by atoms with Gasteiger partial charge in [0.25, 0.3) is 10.1 Å². The first-order chi connectivity index (χ1) is 20.6. The molecule has 0 aliphatic carbocycles. The fraction of sp³-hybridized carbons (Fsp3) is 0.185. The molecule has 17 heteroatoms. The van der Waals surface area contributed by atoms with Gasteiger partial charge in [0, 0.05) is 10.8 Å². The molecule has 4 aromatic carbocycles. The smallest absolute Gasteiger partial charge is 0.283 e. The summed E-state index contributed by atoms with van der Waals surface area (Å²) in [6.45, 7) is 3.00. The Kier molecular flexibility index (Phi) is 9.33. The molecule has 0 radical (unpaired) electrons. The van der Waals surface area contributed by atoms with Gasteiger partial charge in [-0.05, 0) is 66.7 Å². The van der Waals surface area contributed by atoms with E-state index >= 15 is 0 Å². The Bertz CT molecular complexity index is 2110. The van der Waals surface area contributed by atoms with Crippen LogP contribution in [0.15, 0.2) is 97.0 Å². The van der Waals surface area contributed by atoms with Crippen LogP contribution in [0, 0.1) is 0 Å². The zero-order valence-corrected chi connectivity index (χ0v) is 25.7. The van der Waals surface area contributed by atoms with Crippen molar-refractivity contribution in [1.29, 1.82) is 0 Å². The average molecular weight is 662 g/mol. The van der Waals surface area contributed by atoms with Crippen LogP contribution in [0.4, 0.5) is 28.4 Å². The molecule has 0 saturated heterocycles. The molecule has 232 valence electrons. The molecule has 0 unspecified atom stereocenters. The minimum Gasteiger partial charge on any atom is -0.506 e. The summed E-state index contributed by atoms with van der Waals surface area (Å²) >= 11 is 0. The number of nitrogens with one attached hydrogen (secondary N) is 1. The fourth-order valence-corrected chi connectivity index (χ4v) is 6.03. The van der Waals surface area contributed by atoms with E-state index in [-0.39, 0.29) is 72.0 Å². The minimum atomic E-state index is -4.42. The van der Waals surface area contributed by atoms with Crippen molar-refractivity contribution in [3.8, 4) is 11.5 Å². The van der Waals surface area contributed by atoms with Gasteiger partial charge in [0.2, 0.25) is 0 Å². The molecule has 4 aromatic rings. The monoisotopic (exact) mass is 661 g/mol. The molecule has 0 bridgehead atoms. The maximum absolute atomic E-state index is 12.2. The first kappa shape index (κ1) is 32.5. The van der Waals surface area contributed by atoms with Crippen molar-refractivity contribution in [3.05, 3.63) is 66.7 Å². The van der Waals surface area contributed by atoms with Gasteiger partial charge in [0.05, 0.1) is 32.7 Å². The van der Waals surface area contributed by atoms with Crippen molar-refractivity contribution in [2.75, 3.05) is 22.7 Å². The maximum Gasteiger partial charge on any atom is 0.283 e. The third kappa shape index (κ3) is 7.36. The number of hydrogen-bond acceptors (Lipinski definition) is 13. The van der Waals surface area contributed by atoms with E-state index in [1.54, 1.807) is 0 Å². The Morgan fingerprint density at radius 3 is 1.89 bits per heavy atom. The Labute approximate surface area is 253 Å². The van der Waals surface area contributed by atoms with E-state index in [0.717, 1.165) is 6.07 Å². The van der Waals surface area contributed by atoms with E-state index in [1.165, 1.54) is 74.5 Å². The quantitative estimate of drug-likeness (QED) is 0.109. The number of rotatable bonds is 11. The molecule has 0 aromatic heterocycles. The van der Waals surface area contributed by atoms with Gasteiger partial charge in [-0.1, -0.05) is 13.8 Å². The second-order valence-electron chi connectivity index (χ2n) is 9.24. The lowest BCUT2D eigenvalue weighted by Crippen LogP contribution is -2.13. The normalized spacial score (nSPS) is 12.8. The van der Waals surface area contributed by atoms with Gasteiger partial charge in [0.1, 0.15) is 28.7 Å². The zero-order valence-electron chi connectivity index (χ0n) is 23.3. The summed E-state index contributed by atoms with van der Waals surface area (Å²) in [4.78, 5) is 0.0503. The summed E-state index contributed by atoms with van der Waals surface area (Å²) in [7, 11) is -11.4.